The summed E-state index contributed by atoms with van der Waals surface area (Å²) >= 11 is 15.2. The third-order valence-electron chi connectivity index (χ3n) is 4.50. The van der Waals surface area contributed by atoms with E-state index in [0.717, 1.165) is 0 Å². The number of primary amides is 1. The number of ether oxygens (including phenoxy) is 2. The molecule has 2 rings (SSSR count). The lowest BCUT2D eigenvalue weighted by atomic mass is 10.0. The molecule has 9 nitrogen and oxygen atoms in total. The lowest BCUT2D eigenvalue weighted by Crippen LogP contribution is -2.48. The van der Waals surface area contributed by atoms with E-state index in [-0.39, 0.29) is 23.1 Å². The summed E-state index contributed by atoms with van der Waals surface area (Å²) in [6.07, 6.45) is 1.40. The topological polar surface area (TPSA) is 132 Å². The van der Waals surface area contributed by atoms with Gasteiger partial charge in [0.15, 0.2) is 18.1 Å². The number of hydrogen-bond donors (Lipinski definition) is 3. The molecule has 0 spiro atoms. The number of benzene rings is 2. The predicted molar refractivity (Wildman–Crippen MR) is 138 cm³/mol. The van der Waals surface area contributed by atoms with Crippen molar-refractivity contribution in [2.45, 2.75) is 26.8 Å². The van der Waals surface area contributed by atoms with Crippen molar-refractivity contribution in [2.75, 3.05) is 13.2 Å². The SMILES string of the molecule is CCOc1cc(/C=N/NC(=O)C(NC(=O)c2ccc(Cl)c(Cl)c2)C(C)C)cc(Br)c1OCC(N)=O. The third kappa shape index (κ3) is 8.41. The summed E-state index contributed by atoms with van der Waals surface area (Å²) < 4.78 is 11.5. The number of nitrogens with zero attached hydrogens (tertiary/aromatic N) is 1. The Morgan fingerprint density at radius 1 is 1.14 bits per heavy atom. The average Bonchev–Trinajstić information content (AvgIpc) is 2.78. The molecule has 2 aromatic carbocycles. The van der Waals surface area contributed by atoms with Gasteiger partial charge in [-0.05, 0) is 64.7 Å². The van der Waals surface area contributed by atoms with E-state index < -0.39 is 23.8 Å². The molecule has 0 fully saturated rings. The van der Waals surface area contributed by atoms with Gasteiger partial charge < -0.3 is 20.5 Å². The Kier molecular flexibility index (Phi) is 10.8. The fourth-order valence-electron chi connectivity index (χ4n) is 2.85. The summed E-state index contributed by atoms with van der Waals surface area (Å²) in [6, 6.07) is 6.89. The lowest BCUT2D eigenvalue weighted by Gasteiger charge is -2.20. The van der Waals surface area contributed by atoms with E-state index in [2.05, 4.69) is 31.8 Å². The summed E-state index contributed by atoms with van der Waals surface area (Å²) in [5.74, 6) is -1.15. The van der Waals surface area contributed by atoms with Crippen molar-refractivity contribution >= 4 is 63.1 Å². The molecule has 3 amide bonds. The Morgan fingerprint density at radius 3 is 2.46 bits per heavy atom. The van der Waals surface area contributed by atoms with Gasteiger partial charge in [0, 0.05) is 5.56 Å². The van der Waals surface area contributed by atoms with Crippen molar-refractivity contribution in [2.24, 2.45) is 16.8 Å². The molecule has 0 saturated heterocycles. The number of carbonyl (C=O) groups excluding carboxylic acids is 3. The normalized spacial score (nSPS) is 11.9. The second kappa shape index (κ2) is 13.3. The molecule has 1 atom stereocenters. The molecule has 0 radical (unpaired) electrons. The van der Waals surface area contributed by atoms with Crippen LogP contribution in [0.15, 0.2) is 39.9 Å². The molecular formula is C23H25BrCl2N4O5. The highest BCUT2D eigenvalue weighted by atomic mass is 79.9. The summed E-state index contributed by atoms with van der Waals surface area (Å²) in [5.41, 5.74) is 8.42. The minimum Gasteiger partial charge on any atom is -0.490 e. The molecule has 12 heteroatoms. The van der Waals surface area contributed by atoms with Crippen LogP contribution in [-0.2, 0) is 9.59 Å². The molecule has 2 aromatic rings. The number of rotatable bonds is 11. The average molecular weight is 588 g/mol. The van der Waals surface area contributed by atoms with Gasteiger partial charge in [-0.2, -0.15) is 5.10 Å². The highest BCUT2D eigenvalue weighted by Crippen LogP contribution is 2.36. The van der Waals surface area contributed by atoms with Gasteiger partial charge in [0.1, 0.15) is 6.04 Å². The predicted octanol–water partition coefficient (Wildman–Crippen LogP) is 3.92. The number of nitrogens with one attached hydrogen (secondary N) is 2. The van der Waals surface area contributed by atoms with Gasteiger partial charge in [0.25, 0.3) is 17.7 Å². The molecule has 0 aliphatic rings. The minimum absolute atomic E-state index is 0.225. The number of hydrogen-bond acceptors (Lipinski definition) is 6. The molecule has 1 unspecified atom stereocenters. The Labute approximate surface area is 221 Å². The van der Waals surface area contributed by atoms with Crippen molar-refractivity contribution in [3.63, 3.8) is 0 Å². The molecule has 0 heterocycles. The smallest absolute Gasteiger partial charge is 0.262 e. The van der Waals surface area contributed by atoms with Crippen LogP contribution in [0.4, 0.5) is 0 Å². The highest BCUT2D eigenvalue weighted by Gasteiger charge is 2.25. The molecule has 0 aliphatic carbocycles. The monoisotopic (exact) mass is 586 g/mol. The molecule has 188 valence electrons. The summed E-state index contributed by atoms with van der Waals surface area (Å²) in [5, 5.41) is 7.23. The van der Waals surface area contributed by atoms with Gasteiger partial charge in [-0.3, -0.25) is 14.4 Å². The molecule has 0 aromatic heterocycles. The summed E-state index contributed by atoms with van der Waals surface area (Å²) in [4.78, 5) is 36.4. The Bertz CT molecular complexity index is 1130. The summed E-state index contributed by atoms with van der Waals surface area (Å²) in [7, 11) is 0. The van der Waals surface area contributed by atoms with Crippen molar-refractivity contribution in [1.29, 1.82) is 0 Å². The van der Waals surface area contributed by atoms with Gasteiger partial charge in [-0.25, -0.2) is 5.43 Å². The molecular weight excluding hydrogens is 563 g/mol. The van der Waals surface area contributed by atoms with Crippen LogP contribution >= 0.6 is 39.1 Å². The van der Waals surface area contributed by atoms with Gasteiger partial charge in [-0.15, -0.1) is 0 Å². The van der Waals surface area contributed by atoms with E-state index in [1.54, 1.807) is 32.9 Å². The Hall–Kier alpha value is -2.82. The van der Waals surface area contributed by atoms with Gasteiger partial charge >= 0.3 is 0 Å². The first-order chi connectivity index (χ1) is 16.5. The first-order valence-corrected chi connectivity index (χ1v) is 12.0. The van der Waals surface area contributed by atoms with E-state index in [0.29, 0.717) is 33.2 Å². The van der Waals surface area contributed by atoms with Crippen LogP contribution in [0.1, 0.15) is 36.7 Å². The first-order valence-electron chi connectivity index (χ1n) is 10.5. The van der Waals surface area contributed by atoms with Crippen molar-refractivity contribution in [1.82, 2.24) is 10.7 Å². The first kappa shape index (κ1) is 28.4. The maximum absolute atomic E-state index is 12.7. The van der Waals surface area contributed by atoms with Crippen LogP contribution < -0.4 is 25.9 Å². The van der Waals surface area contributed by atoms with Crippen molar-refractivity contribution in [3.8, 4) is 11.5 Å². The van der Waals surface area contributed by atoms with Gasteiger partial charge in [-0.1, -0.05) is 37.0 Å². The van der Waals surface area contributed by atoms with Crippen LogP contribution in [0, 0.1) is 5.92 Å². The van der Waals surface area contributed by atoms with Crippen LogP contribution in [0.5, 0.6) is 11.5 Å². The standard InChI is InChI=1S/C23H25BrCl2N4O5/c1-4-34-18-8-13(7-15(24)21(18)35-11-19(27)31)10-28-30-23(33)20(12(2)3)29-22(32)14-5-6-16(25)17(26)9-14/h5-10,12,20H,4,11H2,1-3H3,(H2,27,31)(H,29,32)(H,30,33)/b28-10+. The lowest BCUT2D eigenvalue weighted by molar-refractivity contribution is -0.124. The van der Waals surface area contributed by atoms with Crippen LogP contribution in [0.2, 0.25) is 10.0 Å². The summed E-state index contributed by atoms with van der Waals surface area (Å²) in [6.45, 7) is 5.42. The number of nitrogens with two attached hydrogens (primary N) is 1. The zero-order valence-electron chi connectivity index (χ0n) is 19.2. The van der Waals surface area contributed by atoms with Crippen molar-refractivity contribution in [3.05, 3.63) is 56.0 Å². The molecule has 0 bridgehead atoms. The molecule has 0 saturated carbocycles. The van der Waals surface area contributed by atoms with E-state index in [1.165, 1.54) is 24.4 Å². The second-order valence-corrected chi connectivity index (χ2v) is 9.25. The van der Waals surface area contributed by atoms with Gasteiger partial charge in [0.05, 0.1) is 27.3 Å². The number of carbonyl (C=O) groups is 3. The second-order valence-electron chi connectivity index (χ2n) is 7.58. The van der Waals surface area contributed by atoms with E-state index in [1.807, 2.05) is 0 Å². The Balaban J connectivity index is 2.12. The van der Waals surface area contributed by atoms with Gasteiger partial charge in [0.2, 0.25) is 0 Å². The maximum atomic E-state index is 12.7. The number of halogens is 3. The molecule has 4 N–H and O–H groups in total. The van der Waals surface area contributed by atoms with E-state index in [9.17, 15) is 14.4 Å². The zero-order chi connectivity index (χ0) is 26.1. The minimum atomic E-state index is -0.857. The van der Waals surface area contributed by atoms with Crippen molar-refractivity contribution < 1.29 is 23.9 Å². The van der Waals surface area contributed by atoms with E-state index in [4.69, 9.17) is 38.4 Å². The molecule has 0 aliphatic heterocycles. The highest BCUT2D eigenvalue weighted by molar-refractivity contribution is 9.10. The fourth-order valence-corrected chi connectivity index (χ4v) is 3.72. The maximum Gasteiger partial charge on any atom is 0.262 e. The fraction of sp³-hybridized carbons (Fsp3) is 0.304. The van der Waals surface area contributed by atoms with Crippen LogP contribution in [0.25, 0.3) is 0 Å². The molecule has 35 heavy (non-hydrogen) atoms. The quantitative estimate of drug-likeness (QED) is 0.271. The third-order valence-corrected chi connectivity index (χ3v) is 5.82. The van der Waals surface area contributed by atoms with Crippen LogP contribution in [0.3, 0.4) is 0 Å². The Morgan fingerprint density at radius 2 is 1.86 bits per heavy atom. The number of hydrazone groups is 1. The zero-order valence-corrected chi connectivity index (χ0v) is 22.3. The van der Waals surface area contributed by atoms with Crippen LogP contribution in [-0.4, -0.2) is 43.2 Å². The van der Waals surface area contributed by atoms with E-state index >= 15 is 0 Å². The largest absolute Gasteiger partial charge is 0.490 e. The number of amides is 3.